The van der Waals surface area contributed by atoms with Gasteiger partial charge in [0.2, 0.25) is 0 Å². The quantitative estimate of drug-likeness (QED) is 0.0222. The monoisotopic (exact) mass is 1400 g/mol. The number of hydrogen-bond donors (Lipinski definition) is 3. The van der Waals surface area contributed by atoms with Gasteiger partial charge in [0.15, 0.2) is 12.2 Å². The minimum Gasteiger partial charge on any atom is -0.462 e. The molecular formula is C76H148O17P2. The van der Waals surface area contributed by atoms with Crippen LogP contribution in [0, 0.1) is 11.8 Å². The topological polar surface area (TPSA) is 237 Å². The Balaban J connectivity index is 5.27. The first-order valence-corrected chi connectivity index (χ1v) is 42.5. The molecule has 0 heterocycles. The van der Waals surface area contributed by atoms with Crippen molar-refractivity contribution in [3.63, 3.8) is 0 Å². The van der Waals surface area contributed by atoms with Crippen molar-refractivity contribution < 1.29 is 80.2 Å². The summed E-state index contributed by atoms with van der Waals surface area (Å²) >= 11 is 0. The van der Waals surface area contributed by atoms with Crippen LogP contribution >= 0.6 is 15.6 Å². The zero-order valence-corrected chi connectivity index (χ0v) is 63.8. The first-order valence-electron chi connectivity index (χ1n) is 39.5. The highest BCUT2D eigenvalue weighted by Gasteiger charge is 2.30. The molecule has 0 rings (SSSR count). The van der Waals surface area contributed by atoms with Crippen LogP contribution in [-0.2, 0) is 65.4 Å². The third-order valence-electron chi connectivity index (χ3n) is 18.1. The molecule has 17 nitrogen and oxygen atoms in total. The van der Waals surface area contributed by atoms with Crippen molar-refractivity contribution in [3.05, 3.63) is 0 Å². The van der Waals surface area contributed by atoms with Gasteiger partial charge in [-0.05, 0) is 37.5 Å². The average Bonchev–Trinajstić information content (AvgIpc) is 1.57. The lowest BCUT2D eigenvalue weighted by molar-refractivity contribution is -0.161. The molecule has 95 heavy (non-hydrogen) atoms. The van der Waals surface area contributed by atoms with E-state index in [1.165, 1.54) is 212 Å². The molecule has 0 saturated heterocycles. The molecule has 0 aromatic carbocycles. The zero-order valence-electron chi connectivity index (χ0n) is 62.0. The Morgan fingerprint density at radius 2 is 0.537 bits per heavy atom. The summed E-state index contributed by atoms with van der Waals surface area (Å²) in [6.45, 7) is 9.60. The number of rotatable bonds is 75. The standard InChI is InChI=1S/C76H148O17P2/c1-7-10-12-14-16-18-20-22-24-25-27-29-34-42-48-54-60-75(80)92-71(64-86-73(78)58-52-46-40-33-28-26-23-21-19-17-15-13-11-8-2)66-90-94(82,83)88-62-70(77)63-89-95(84,85)91-67-72(65-87-74(79)59-53-47-41-37-36-39-45-51-57-69(6)9-3)93-76(81)61-55-49-43-35-31-30-32-38-44-50-56-68(4)5/h68-72,77H,7-67H2,1-6H3,(H,82,83)(H,84,85)/t69?,70-,71-,72-/m1/s1. The molecule has 564 valence electrons. The van der Waals surface area contributed by atoms with Gasteiger partial charge < -0.3 is 33.8 Å². The Hall–Kier alpha value is -1.94. The minimum atomic E-state index is -4.96. The van der Waals surface area contributed by atoms with Crippen LogP contribution in [-0.4, -0.2) is 96.7 Å². The summed E-state index contributed by atoms with van der Waals surface area (Å²) in [4.78, 5) is 72.9. The summed E-state index contributed by atoms with van der Waals surface area (Å²) in [5.41, 5.74) is 0. The normalized spacial score (nSPS) is 14.3. The van der Waals surface area contributed by atoms with Gasteiger partial charge in [-0.3, -0.25) is 37.3 Å². The fourth-order valence-corrected chi connectivity index (χ4v) is 13.2. The SMILES string of the molecule is CCCCCCCCCCCCCCCCCCC(=O)O[C@H](COC(=O)CCCCCCCCCCCCCCCC)COP(=O)(O)OC[C@@H](O)COP(=O)(O)OC[C@@H](COC(=O)CCCCCCCCCCC(C)CC)OC(=O)CCCCCCCCCCCCC(C)C. The number of carbonyl (C=O) groups excluding carboxylic acids is 4. The van der Waals surface area contributed by atoms with Gasteiger partial charge in [0.25, 0.3) is 0 Å². The van der Waals surface area contributed by atoms with Gasteiger partial charge in [-0.2, -0.15) is 0 Å². The molecule has 0 aromatic heterocycles. The highest BCUT2D eigenvalue weighted by Crippen LogP contribution is 2.45. The predicted octanol–water partition coefficient (Wildman–Crippen LogP) is 22.3. The van der Waals surface area contributed by atoms with Gasteiger partial charge in [0.05, 0.1) is 26.4 Å². The molecule has 0 bridgehead atoms. The van der Waals surface area contributed by atoms with E-state index in [9.17, 15) is 43.2 Å². The van der Waals surface area contributed by atoms with E-state index >= 15 is 0 Å². The maximum Gasteiger partial charge on any atom is 0.472 e. The van der Waals surface area contributed by atoms with E-state index in [4.69, 9.17) is 37.0 Å². The minimum absolute atomic E-state index is 0.106. The lowest BCUT2D eigenvalue weighted by Gasteiger charge is -2.21. The summed E-state index contributed by atoms with van der Waals surface area (Å²) in [6, 6.07) is 0. The van der Waals surface area contributed by atoms with Crippen molar-refractivity contribution in [1.82, 2.24) is 0 Å². The highest BCUT2D eigenvalue weighted by atomic mass is 31.2. The lowest BCUT2D eigenvalue weighted by atomic mass is 9.99. The van der Waals surface area contributed by atoms with Crippen LogP contribution in [0.5, 0.6) is 0 Å². The molecule has 6 atom stereocenters. The molecular weight excluding hydrogens is 1250 g/mol. The number of carbonyl (C=O) groups is 4. The summed E-state index contributed by atoms with van der Waals surface area (Å²) in [7, 11) is -9.91. The molecule has 19 heteroatoms. The Kier molecular flexibility index (Phi) is 66.5. The summed E-state index contributed by atoms with van der Waals surface area (Å²) in [5, 5.41) is 10.6. The van der Waals surface area contributed by atoms with Gasteiger partial charge in [-0.25, -0.2) is 9.13 Å². The smallest absolute Gasteiger partial charge is 0.462 e. The van der Waals surface area contributed by atoms with Crippen molar-refractivity contribution in [2.45, 2.75) is 413 Å². The van der Waals surface area contributed by atoms with Crippen LogP contribution in [0.1, 0.15) is 395 Å². The third-order valence-corrected chi connectivity index (χ3v) is 20.0. The number of phosphoric ester groups is 2. The van der Waals surface area contributed by atoms with Gasteiger partial charge in [-0.1, -0.05) is 343 Å². The van der Waals surface area contributed by atoms with E-state index < -0.39 is 97.5 Å². The molecule has 0 amide bonds. The van der Waals surface area contributed by atoms with E-state index in [2.05, 4.69) is 41.5 Å². The number of aliphatic hydroxyl groups is 1. The van der Waals surface area contributed by atoms with Gasteiger partial charge >= 0.3 is 39.5 Å². The molecule has 0 radical (unpaired) electrons. The number of esters is 4. The van der Waals surface area contributed by atoms with E-state index in [1.54, 1.807) is 0 Å². The van der Waals surface area contributed by atoms with Crippen molar-refractivity contribution >= 4 is 39.5 Å². The first kappa shape index (κ1) is 93.1. The molecule has 3 unspecified atom stereocenters. The molecule has 0 aromatic rings. The summed E-state index contributed by atoms with van der Waals surface area (Å²) in [6.07, 6.45) is 55.3. The van der Waals surface area contributed by atoms with Gasteiger partial charge in [-0.15, -0.1) is 0 Å². The molecule has 0 aliphatic rings. The Labute approximate surface area is 581 Å². The van der Waals surface area contributed by atoms with E-state index in [1.807, 2.05) is 0 Å². The van der Waals surface area contributed by atoms with Crippen LogP contribution in [0.25, 0.3) is 0 Å². The molecule has 0 spiro atoms. The molecule has 0 saturated carbocycles. The number of hydrogen-bond acceptors (Lipinski definition) is 15. The maximum absolute atomic E-state index is 13.1. The number of aliphatic hydroxyl groups excluding tert-OH is 1. The van der Waals surface area contributed by atoms with Crippen molar-refractivity contribution in [2.75, 3.05) is 39.6 Å². The molecule has 3 N–H and O–H groups in total. The van der Waals surface area contributed by atoms with Crippen LogP contribution in [0.2, 0.25) is 0 Å². The predicted molar refractivity (Wildman–Crippen MR) is 386 cm³/mol. The first-order chi connectivity index (χ1) is 45.9. The van der Waals surface area contributed by atoms with Crippen LogP contribution in [0.4, 0.5) is 0 Å². The highest BCUT2D eigenvalue weighted by molar-refractivity contribution is 7.47. The van der Waals surface area contributed by atoms with E-state index in [0.717, 1.165) is 102 Å². The Morgan fingerprint density at radius 1 is 0.305 bits per heavy atom. The molecule has 0 aliphatic heterocycles. The molecule has 0 fully saturated rings. The summed E-state index contributed by atoms with van der Waals surface area (Å²) in [5.74, 6) is -0.584. The fraction of sp³-hybridized carbons (Fsp3) is 0.947. The molecule has 0 aliphatic carbocycles. The second kappa shape index (κ2) is 67.9. The van der Waals surface area contributed by atoms with Crippen molar-refractivity contribution in [1.29, 1.82) is 0 Å². The van der Waals surface area contributed by atoms with Crippen LogP contribution < -0.4 is 0 Å². The van der Waals surface area contributed by atoms with Gasteiger partial charge in [0.1, 0.15) is 19.3 Å². The fourth-order valence-electron chi connectivity index (χ4n) is 11.6. The maximum atomic E-state index is 13.1. The number of unbranched alkanes of at least 4 members (excludes halogenated alkanes) is 44. The van der Waals surface area contributed by atoms with Crippen molar-refractivity contribution in [2.24, 2.45) is 11.8 Å². The average molecular weight is 1400 g/mol. The van der Waals surface area contributed by atoms with Crippen LogP contribution in [0.15, 0.2) is 0 Å². The third kappa shape index (κ3) is 69.0. The second-order valence-electron chi connectivity index (χ2n) is 28.1. The van der Waals surface area contributed by atoms with E-state index in [0.29, 0.717) is 25.7 Å². The van der Waals surface area contributed by atoms with E-state index in [-0.39, 0.29) is 25.7 Å². The van der Waals surface area contributed by atoms with Gasteiger partial charge in [0, 0.05) is 25.7 Å². The summed E-state index contributed by atoms with van der Waals surface area (Å²) < 4.78 is 68.6. The Bertz CT molecular complexity index is 1840. The van der Waals surface area contributed by atoms with Crippen molar-refractivity contribution in [3.8, 4) is 0 Å². The Morgan fingerprint density at radius 3 is 0.800 bits per heavy atom. The lowest BCUT2D eigenvalue weighted by Crippen LogP contribution is -2.30. The zero-order chi connectivity index (χ0) is 70.0. The second-order valence-corrected chi connectivity index (χ2v) is 31.0. The largest absolute Gasteiger partial charge is 0.472 e. The van der Waals surface area contributed by atoms with Crippen LogP contribution in [0.3, 0.4) is 0 Å². The number of phosphoric acid groups is 2. The number of ether oxygens (including phenoxy) is 4.